The van der Waals surface area contributed by atoms with Crippen molar-refractivity contribution in [3.63, 3.8) is 0 Å². The monoisotopic (exact) mass is 217 g/mol. The van der Waals surface area contributed by atoms with Gasteiger partial charge in [-0.25, -0.2) is 4.98 Å². The first-order valence-electron chi connectivity index (χ1n) is 5.41. The Kier molecular flexibility index (Phi) is 3.01. The Balaban J connectivity index is 2.57. The van der Waals surface area contributed by atoms with E-state index in [1.54, 1.807) is 6.07 Å². The summed E-state index contributed by atoms with van der Waals surface area (Å²) in [5, 5.41) is 0.650. The van der Waals surface area contributed by atoms with E-state index in [1.807, 2.05) is 19.1 Å². The summed E-state index contributed by atoms with van der Waals surface area (Å²) in [4.78, 5) is 19.0. The fourth-order valence-corrected chi connectivity index (χ4v) is 1.74. The molecule has 0 unspecified atom stereocenters. The lowest BCUT2D eigenvalue weighted by Gasteiger charge is -2.04. The summed E-state index contributed by atoms with van der Waals surface area (Å²) >= 11 is 0. The van der Waals surface area contributed by atoms with Crippen LogP contribution in [0.3, 0.4) is 0 Å². The zero-order valence-corrected chi connectivity index (χ0v) is 9.29. The van der Waals surface area contributed by atoms with Gasteiger partial charge in [-0.05, 0) is 31.5 Å². The highest BCUT2D eigenvalue weighted by Gasteiger charge is 2.04. The van der Waals surface area contributed by atoms with Crippen molar-refractivity contribution >= 4 is 10.9 Å². The van der Waals surface area contributed by atoms with Gasteiger partial charge in [-0.1, -0.05) is 12.1 Å². The van der Waals surface area contributed by atoms with Gasteiger partial charge in [-0.15, -0.1) is 0 Å². The molecule has 2 rings (SSSR count). The summed E-state index contributed by atoms with van der Waals surface area (Å²) < 4.78 is 0. The van der Waals surface area contributed by atoms with E-state index in [1.165, 1.54) is 0 Å². The predicted octanol–water partition coefficient (Wildman–Crippen LogP) is 1.12. The molecule has 1 heterocycles. The zero-order valence-electron chi connectivity index (χ0n) is 9.29. The Morgan fingerprint density at radius 1 is 1.44 bits per heavy atom. The van der Waals surface area contributed by atoms with E-state index < -0.39 is 0 Å². The van der Waals surface area contributed by atoms with Crippen molar-refractivity contribution in [2.24, 2.45) is 5.73 Å². The summed E-state index contributed by atoms with van der Waals surface area (Å²) in [7, 11) is 0. The van der Waals surface area contributed by atoms with Crippen LogP contribution in [0.15, 0.2) is 23.0 Å². The second-order valence-electron chi connectivity index (χ2n) is 3.88. The normalized spacial score (nSPS) is 10.9. The van der Waals surface area contributed by atoms with Crippen LogP contribution < -0.4 is 11.3 Å². The largest absolute Gasteiger partial charge is 0.330 e. The van der Waals surface area contributed by atoms with Crippen LogP contribution in [0, 0.1) is 6.92 Å². The maximum absolute atomic E-state index is 11.8. The lowest BCUT2D eigenvalue weighted by molar-refractivity contribution is 0.782. The Morgan fingerprint density at radius 2 is 2.25 bits per heavy atom. The molecule has 0 bridgehead atoms. The number of fused-ring (bicyclic) bond motifs is 1. The van der Waals surface area contributed by atoms with Gasteiger partial charge >= 0.3 is 0 Å². The fraction of sp³-hybridized carbons (Fsp3) is 0.333. The lowest BCUT2D eigenvalue weighted by Crippen LogP contribution is -2.13. The number of nitrogens with one attached hydrogen (secondary N) is 1. The van der Waals surface area contributed by atoms with Gasteiger partial charge in [0.25, 0.3) is 5.56 Å². The van der Waals surface area contributed by atoms with Crippen molar-refractivity contribution in [1.29, 1.82) is 0 Å². The molecule has 16 heavy (non-hydrogen) atoms. The molecule has 0 saturated carbocycles. The topological polar surface area (TPSA) is 71.8 Å². The molecule has 0 aliphatic rings. The number of para-hydroxylation sites is 1. The summed E-state index contributed by atoms with van der Waals surface area (Å²) in [6.45, 7) is 2.57. The maximum Gasteiger partial charge on any atom is 0.258 e. The number of hydrogen-bond donors (Lipinski definition) is 2. The second kappa shape index (κ2) is 4.45. The summed E-state index contributed by atoms with van der Waals surface area (Å²) in [5.74, 6) is 0.720. The number of H-pyrrole nitrogens is 1. The Bertz CT molecular complexity index is 560. The number of aromatic nitrogens is 2. The standard InChI is InChI=1S/C12H15N3O/c1-8-4-2-5-9-11(8)14-10(6-3-7-13)15-12(9)16/h2,4-5H,3,6-7,13H2,1H3,(H,14,15,16). The zero-order chi connectivity index (χ0) is 11.5. The van der Waals surface area contributed by atoms with Gasteiger partial charge in [-0.3, -0.25) is 4.79 Å². The third-order valence-corrected chi connectivity index (χ3v) is 2.60. The molecule has 0 spiro atoms. The van der Waals surface area contributed by atoms with Crippen LogP contribution in [-0.4, -0.2) is 16.5 Å². The highest BCUT2D eigenvalue weighted by Crippen LogP contribution is 2.12. The molecule has 4 heteroatoms. The van der Waals surface area contributed by atoms with Gasteiger partial charge in [0, 0.05) is 6.42 Å². The first-order valence-corrected chi connectivity index (χ1v) is 5.41. The van der Waals surface area contributed by atoms with Crippen LogP contribution in [0.25, 0.3) is 10.9 Å². The smallest absolute Gasteiger partial charge is 0.258 e. The molecule has 1 aromatic heterocycles. The van der Waals surface area contributed by atoms with E-state index in [-0.39, 0.29) is 5.56 Å². The lowest BCUT2D eigenvalue weighted by atomic mass is 10.1. The van der Waals surface area contributed by atoms with Gasteiger partial charge in [0.05, 0.1) is 10.9 Å². The van der Waals surface area contributed by atoms with E-state index in [9.17, 15) is 4.79 Å². The molecule has 1 aromatic carbocycles. The first-order chi connectivity index (χ1) is 7.72. The molecular formula is C12H15N3O. The Labute approximate surface area is 93.5 Å². The van der Waals surface area contributed by atoms with Gasteiger partial charge in [0.15, 0.2) is 0 Å². The molecular weight excluding hydrogens is 202 g/mol. The van der Waals surface area contributed by atoms with Gasteiger partial charge in [0.1, 0.15) is 5.82 Å². The van der Waals surface area contributed by atoms with E-state index >= 15 is 0 Å². The maximum atomic E-state index is 11.8. The molecule has 0 radical (unpaired) electrons. The van der Waals surface area contributed by atoms with Gasteiger partial charge in [-0.2, -0.15) is 0 Å². The second-order valence-corrected chi connectivity index (χ2v) is 3.88. The molecule has 0 atom stereocenters. The number of nitrogens with two attached hydrogens (primary N) is 1. The van der Waals surface area contributed by atoms with Gasteiger partial charge < -0.3 is 10.7 Å². The number of rotatable bonds is 3. The van der Waals surface area contributed by atoms with E-state index in [0.29, 0.717) is 11.9 Å². The highest BCUT2D eigenvalue weighted by atomic mass is 16.1. The molecule has 3 N–H and O–H groups in total. The molecule has 4 nitrogen and oxygen atoms in total. The van der Waals surface area contributed by atoms with E-state index in [2.05, 4.69) is 9.97 Å². The molecule has 0 aliphatic carbocycles. The summed E-state index contributed by atoms with van der Waals surface area (Å²) in [5.41, 5.74) is 7.18. The molecule has 0 amide bonds. The van der Waals surface area contributed by atoms with Crippen molar-refractivity contribution in [3.05, 3.63) is 39.9 Å². The number of aryl methyl sites for hydroxylation is 2. The van der Waals surface area contributed by atoms with Crippen LogP contribution in [0.2, 0.25) is 0 Å². The SMILES string of the molecule is Cc1cccc2c(=O)[nH]c(CCCN)nc12. The Hall–Kier alpha value is -1.68. The number of hydrogen-bond acceptors (Lipinski definition) is 3. The molecule has 0 aliphatic heterocycles. The van der Waals surface area contributed by atoms with Crippen molar-refractivity contribution in [2.75, 3.05) is 6.54 Å². The van der Waals surface area contributed by atoms with Crippen molar-refractivity contribution < 1.29 is 0 Å². The van der Waals surface area contributed by atoms with Gasteiger partial charge in [0.2, 0.25) is 0 Å². The van der Waals surface area contributed by atoms with Crippen molar-refractivity contribution in [1.82, 2.24) is 9.97 Å². The third kappa shape index (κ3) is 1.97. The Morgan fingerprint density at radius 3 is 3.00 bits per heavy atom. The highest BCUT2D eigenvalue weighted by molar-refractivity contribution is 5.80. The number of aromatic amines is 1. The van der Waals surface area contributed by atoms with E-state index in [0.717, 1.165) is 29.7 Å². The summed E-state index contributed by atoms with van der Waals surface area (Å²) in [6, 6.07) is 5.62. The van der Waals surface area contributed by atoms with Crippen LogP contribution in [-0.2, 0) is 6.42 Å². The first kappa shape index (κ1) is 10.8. The average Bonchev–Trinajstić information content (AvgIpc) is 2.28. The minimum absolute atomic E-state index is 0.0688. The number of nitrogens with zero attached hydrogens (tertiary/aromatic N) is 1. The van der Waals surface area contributed by atoms with Crippen LogP contribution in [0.5, 0.6) is 0 Å². The minimum Gasteiger partial charge on any atom is -0.330 e. The fourth-order valence-electron chi connectivity index (χ4n) is 1.74. The number of benzene rings is 1. The minimum atomic E-state index is -0.0688. The van der Waals surface area contributed by atoms with Crippen molar-refractivity contribution in [3.8, 4) is 0 Å². The molecule has 0 saturated heterocycles. The molecule has 0 fully saturated rings. The average molecular weight is 217 g/mol. The molecule has 2 aromatic rings. The third-order valence-electron chi connectivity index (χ3n) is 2.60. The van der Waals surface area contributed by atoms with E-state index in [4.69, 9.17) is 5.73 Å². The molecule has 84 valence electrons. The van der Waals surface area contributed by atoms with Crippen molar-refractivity contribution in [2.45, 2.75) is 19.8 Å². The predicted molar refractivity (Wildman–Crippen MR) is 64.5 cm³/mol. The van der Waals surface area contributed by atoms with Crippen LogP contribution >= 0.6 is 0 Å². The quantitative estimate of drug-likeness (QED) is 0.809. The van der Waals surface area contributed by atoms with Crippen LogP contribution in [0.4, 0.5) is 0 Å². The summed E-state index contributed by atoms with van der Waals surface area (Å²) in [6.07, 6.45) is 1.55. The van der Waals surface area contributed by atoms with Crippen LogP contribution in [0.1, 0.15) is 17.8 Å².